The first-order valence-corrected chi connectivity index (χ1v) is 7.93. The minimum Gasteiger partial charge on any atom is -0.302 e. The van der Waals surface area contributed by atoms with E-state index in [4.69, 9.17) is 5.26 Å². The van der Waals surface area contributed by atoms with Gasteiger partial charge in [-0.05, 0) is 38.8 Å². The van der Waals surface area contributed by atoms with E-state index in [9.17, 15) is 0 Å². The molecule has 2 aliphatic rings. The Morgan fingerprint density at radius 3 is 3.00 bits per heavy atom. The summed E-state index contributed by atoms with van der Waals surface area (Å²) in [6.07, 6.45) is 6.20. The minimum absolute atomic E-state index is 0.0318. The van der Waals surface area contributed by atoms with Gasteiger partial charge < -0.3 is 10.2 Å². The van der Waals surface area contributed by atoms with Crippen molar-refractivity contribution in [2.75, 3.05) is 39.3 Å². The minimum atomic E-state index is 0.0318. The number of nitrogens with zero attached hydrogens (tertiary/aromatic N) is 3. The Kier molecular flexibility index (Phi) is 6.09. The van der Waals surface area contributed by atoms with Gasteiger partial charge in [-0.15, -0.1) is 0 Å². The van der Waals surface area contributed by atoms with Gasteiger partial charge in [0.25, 0.3) is 0 Å². The van der Waals surface area contributed by atoms with Crippen LogP contribution in [0.25, 0.3) is 0 Å². The number of piperazine rings is 1. The maximum absolute atomic E-state index is 9.13. The molecule has 0 amide bonds. The van der Waals surface area contributed by atoms with Crippen LogP contribution < -0.4 is 5.32 Å². The van der Waals surface area contributed by atoms with Crippen molar-refractivity contribution < 1.29 is 0 Å². The number of fused-ring (bicyclic) bond motifs is 1. The van der Waals surface area contributed by atoms with E-state index in [0.717, 1.165) is 32.0 Å². The molecule has 108 valence electrons. The van der Waals surface area contributed by atoms with E-state index < -0.39 is 0 Å². The molecule has 0 aromatic rings. The monoisotopic (exact) mass is 264 g/mol. The second kappa shape index (κ2) is 7.84. The zero-order chi connectivity index (χ0) is 13.5. The molecule has 0 aromatic carbocycles. The predicted octanol–water partition coefficient (Wildman–Crippen LogP) is 1.44. The van der Waals surface area contributed by atoms with Gasteiger partial charge in [-0.3, -0.25) is 4.90 Å². The van der Waals surface area contributed by atoms with Crippen LogP contribution in [0.5, 0.6) is 0 Å². The average Bonchev–Trinajstić information content (AvgIpc) is 2.47. The van der Waals surface area contributed by atoms with Crippen LogP contribution in [0.4, 0.5) is 0 Å². The van der Waals surface area contributed by atoms with E-state index in [1.165, 1.54) is 45.4 Å². The second-order valence-electron chi connectivity index (χ2n) is 5.91. The molecule has 2 aliphatic heterocycles. The van der Waals surface area contributed by atoms with Gasteiger partial charge >= 0.3 is 0 Å². The third-order valence-corrected chi connectivity index (χ3v) is 4.45. The van der Waals surface area contributed by atoms with Crippen LogP contribution in [-0.4, -0.2) is 61.2 Å². The fourth-order valence-corrected chi connectivity index (χ4v) is 3.27. The fourth-order valence-electron chi connectivity index (χ4n) is 3.27. The third-order valence-electron chi connectivity index (χ3n) is 4.45. The number of hydrogen-bond acceptors (Lipinski definition) is 4. The molecule has 0 saturated carbocycles. The van der Waals surface area contributed by atoms with E-state index in [0.29, 0.717) is 0 Å². The Morgan fingerprint density at radius 2 is 2.21 bits per heavy atom. The summed E-state index contributed by atoms with van der Waals surface area (Å²) in [5, 5.41) is 12.4. The first-order valence-electron chi connectivity index (χ1n) is 7.93. The van der Waals surface area contributed by atoms with E-state index in [2.05, 4.69) is 28.1 Å². The SMILES string of the molecule is CCCNC(C#N)CCN1CCN2CCCCC2C1. The summed E-state index contributed by atoms with van der Waals surface area (Å²) in [6.45, 7) is 9.09. The number of rotatable bonds is 6. The molecule has 0 radical (unpaired) electrons. The highest BCUT2D eigenvalue weighted by molar-refractivity contribution is 4.91. The number of piperidine rings is 1. The molecule has 2 fully saturated rings. The van der Waals surface area contributed by atoms with E-state index in [-0.39, 0.29) is 6.04 Å². The molecule has 0 aliphatic carbocycles. The van der Waals surface area contributed by atoms with Gasteiger partial charge in [0, 0.05) is 32.2 Å². The Labute approximate surface area is 117 Å². The van der Waals surface area contributed by atoms with Crippen molar-refractivity contribution >= 4 is 0 Å². The van der Waals surface area contributed by atoms with Crippen LogP contribution in [0.1, 0.15) is 39.0 Å². The molecule has 2 rings (SSSR count). The maximum atomic E-state index is 9.13. The highest BCUT2D eigenvalue weighted by Crippen LogP contribution is 2.21. The quantitative estimate of drug-likeness (QED) is 0.788. The highest BCUT2D eigenvalue weighted by atomic mass is 15.3. The van der Waals surface area contributed by atoms with Crippen molar-refractivity contribution in [3.63, 3.8) is 0 Å². The summed E-state index contributed by atoms with van der Waals surface area (Å²) < 4.78 is 0. The van der Waals surface area contributed by atoms with Gasteiger partial charge in [-0.1, -0.05) is 13.3 Å². The zero-order valence-electron chi connectivity index (χ0n) is 12.3. The molecule has 19 heavy (non-hydrogen) atoms. The Bertz CT molecular complexity index is 299. The van der Waals surface area contributed by atoms with E-state index in [1.54, 1.807) is 0 Å². The standard InChI is InChI=1S/C15H28N4/c1-2-7-17-14(12-16)6-9-18-10-11-19-8-4-3-5-15(19)13-18/h14-15,17H,2-11,13H2,1H3. The molecule has 1 N–H and O–H groups in total. The lowest BCUT2D eigenvalue weighted by Crippen LogP contribution is -2.55. The molecule has 2 atom stereocenters. The van der Waals surface area contributed by atoms with Crippen LogP contribution >= 0.6 is 0 Å². The van der Waals surface area contributed by atoms with E-state index in [1.807, 2.05) is 0 Å². The molecule has 4 nitrogen and oxygen atoms in total. The van der Waals surface area contributed by atoms with Gasteiger partial charge in [0.15, 0.2) is 0 Å². The molecular weight excluding hydrogens is 236 g/mol. The smallest absolute Gasteiger partial charge is 0.0965 e. The lowest BCUT2D eigenvalue weighted by atomic mass is 9.99. The van der Waals surface area contributed by atoms with Crippen molar-refractivity contribution in [3.05, 3.63) is 0 Å². The number of nitriles is 1. The fraction of sp³-hybridized carbons (Fsp3) is 0.933. The average molecular weight is 264 g/mol. The molecule has 0 spiro atoms. The lowest BCUT2D eigenvalue weighted by molar-refractivity contribution is 0.0483. The predicted molar refractivity (Wildman–Crippen MR) is 78.0 cm³/mol. The zero-order valence-corrected chi connectivity index (χ0v) is 12.3. The Morgan fingerprint density at radius 1 is 1.32 bits per heavy atom. The lowest BCUT2D eigenvalue weighted by Gasteiger charge is -2.44. The van der Waals surface area contributed by atoms with Crippen LogP contribution in [0.15, 0.2) is 0 Å². The van der Waals surface area contributed by atoms with Crippen molar-refractivity contribution in [3.8, 4) is 6.07 Å². The molecule has 4 heteroatoms. The first kappa shape index (κ1) is 14.8. The third kappa shape index (κ3) is 4.45. The summed E-state index contributed by atoms with van der Waals surface area (Å²) in [7, 11) is 0. The normalized spacial score (nSPS) is 26.6. The van der Waals surface area contributed by atoms with Crippen molar-refractivity contribution in [1.82, 2.24) is 15.1 Å². The Hall–Kier alpha value is -0.630. The largest absolute Gasteiger partial charge is 0.302 e. The molecule has 0 aromatic heterocycles. The molecule has 0 bridgehead atoms. The second-order valence-corrected chi connectivity index (χ2v) is 5.91. The topological polar surface area (TPSA) is 42.3 Å². The number of nitrogens with one attached hydrogen (secondary N) is 1. The van der Waals surface area contributed by atoms with Crippen molar-refractivity contribution in [2.45, 2.75) is 51.1 Å². The van der Waals surface area contributed by atoms with Gasteiger partial charge in [0.2, 0.25) is 0 Å². The Balaban J connectivity index is 1.70. The first-order chi connectivity index (χ1) is 9.33. The van der Waals surface area contributed by atoms with Gasteiger partial charge in [-0.2, -0.15) is 5.26 Å². The van der Waals surface area contributed by atoms with Crippen LogP contribution in [0, 0.1) is 11.3 Å². The summed E-state index contributed by atoms with van der Waals surface area (Å²) in [5.74, 6) is 0. The van der Waals surface area contributed by atoms with Crippen LogP contribution in [0.2, 0.25) is 0 Å². The van der Waals surface area contributed by atoms with Crippen molar-refractivity contribution in [1.29, 1.82) is 5.26 Å². The van der Waals surface area contributed by atoms with Gasteiger partial charge in [0.05, 0.1) is 12.1 Å². The highest BCUT2D eigenvalue weighted by Gasteiger charge is 2.28. The van der Waals surface area contributed by atoms with Crippen LogP contribution in [-0.2, 0) is 0 Å². The van der Waals surface area contributed by atoms with Gasteiger partial charge in [-0.25, -0.2) is 0 Å². The van der Waals surface area contributed by atoms with Gasteiger partial charge in [0.1, 0.15) is 0 Å². The molecule has 2 unspecified atom stereocenters. The number of hydrogen-bond donors (Lipinski definition) is 1. The van der Waals surface area contributed by atoms with Crippen LogP contribution in [0.3, 0.4) is 0 Å². The van der Waals surface area contributed by atoms with E-state index >= 15 is 0 Å². The molecule has 2 heterocycles. The van der Waals surface area contributed by atoms with Crippen molar-refractivity contribution in [2.24, 2.45) is 0 Å². The summed E-state index contributed by atoms with van der Waals surface area (Å²) in [6, 6.07) is 3.20. The maximum Gasteiger partial charge on any atom is 0.0965 e. The summed E-state index contributed by atoms with van der Waals surface area (Å²) in [4.78, 5) is 5.22. The molecular formula is C15H28N4. The summed E-state index contributed by atoms with van der Waals surface area (Å²) >= 11 is 0. The summed E-state index contributed by atoms with van der Waals surface area (Å²) in [5.41, 5.74) is 0. The molecule has 2 saturated heterocycles.